The molecule has 0 aliphatic carbocycles. The Morgan fingerprint density at radius 3 is 2.19 bits per heavy atom. The summed E-state index contributed by atoms with van der Waals surface area (Å²) < 4.78 is -1.27. The van der Waals surface area contributed by atoms with Gasteiger partial charge in [-0.05, 0) is 24.6 Å². The summed E-state index contributed by atoms with van der Waals surface area (Å²) in [7, 11) is 0. The SMILES string of the molecule is CC(=O)SC(C)(C(=O)O)c1ccc(Cl)cc1. The van der Waals surface area contributed by atoms with Crippen LogP contribution < -0.4 is 0 Å². The fraction of sp³-hybridized carbons (Fsp3) is 0.273. The third-order valence-corrected chi connectivity index (χ3v) is 3.51. The quantitative estimate of drug-likeness (QED) is 0.906. The molecule has 3 nitrogen and oxygen atoms in total. The number of hydrogen-bond donors (Lipinski definition) is 1. The van der Waals surface area contributed by atoms with Crippen molar-refractivity contribution < 1.29 is 14.7 Å². The summed E-state index contributed by atoms with van der Waals surface area (Å²) in [6.07, 6.45) is 0. The van der Waals surface area contributed by atoms with Crippen molar-refractivity contribution in [2.45, 2.75) is 18.6 Å². The molecule has 0 bridgehead atoms. The molecule has 5 heteroatoms. The lowest BCUT2D eigenvalue weighted by Crippen LogP contribution is -2.29. The van der Waals surface area contributed by atoms with Crippen LogP contribution in [0.3, 0.4) is 0 Å². The minimum Gasteiger partial charge on any atom is -0.480 e. The van der Waals surface area contributed by atoms with Gasteiger partial charge in [0, 0.05) is 11.9 Å². The molecule has 0 amide bonds. The monoisotopic (exact) mass is 258 g/mol. The van der Waals surface area contributed by atoms with Gasteiger partial charge in [-0.2, -0.15) is 0 Å². The summed E-state index contributed by atoms with van der Waals surface area (Å²) in [5, 5.41) is 9.49. The van der Waals surface area contributed by atoms with Crippen LogP contribution in [-0.4, -0.2) is 16.2 Å². The van der Waals surface area contributed by atoms with E-state index in [-0.39, 0.29) is 5.12 Å². The van der Waals surface area contributed by atoms with E-state index in [2.05, 4.69) is 0 Å². The van der Waals surface area contributed by atoms with Crippen molar-refractivity contribution in [1.82, 2.24) is 0 Å². The molecule has 0 aliphatic heterocycles. The van der Waals surface area contributed by atoms with Crippen LogP contribution in [-0.2, 0) is 14.3 Å². The summed E-state index contributed by atoms with van der Waals surface area (Å²) in [4.78, 5) is 22.3. The molecule has 0 saturated carbocycles. The Morgan fingerprint density at radius 1 is 1.31 bits per heavy atom. The third kappa shape index (κ3) is 2.77. The zero-order valence-corrected chi connectivity index (χ0v) is 10.4. The molecule has 0 aromatic heterocycles. The van der Waals surface area contributed by atoms with Crippen molar-refractivity contribution in [3.05, 3.63) is 34.9 Å². The molecule has 1 N–H and O–H groups in total. The molecule has 0 fully saturated rings. The van der Waals surface area contributed by atoms with Gasteiger partial charge >= 0.3 is 5.97 Å². The lowest BCUT2D eigenvalue weighted by atomic mass is 10.0. The summed E-state index contributed by atoms with van der Waals surface area (Å²) in [6.45, 7) is 2.85. The number of carbonyl (C=O) groups excluding carboxylic acids is 1. The number of carbonyl (C=O) groups is 2. The van der Waals surface area contributed by atoms with Gasteiger partial charge in [0.05, 0.1) is 0 Å². The maximum Gasteiger partial charge on any atom is 0.324 e. The maximum atomic E-state index is 11.2. The molecule has 1 unspecified atom stereocenters. The van der Waals surface area contributed by atoms with E-state index in [4.69, 9.17) is 11.6 Å². The van der Waals surface area contributed by atoms with E-state index < -0.39 is 10.7 Å². The van der Waals surface area contributed by atoms with Crippen LogP contribution in [0, 0.1) is 0 Å². The Hall–Kier alpha value is -1.00. The molecule has 86 valence electrons. The molecule has 1 aromatic carbocycles. The number of halogens is 1. The first-order valence-corrected chi connectivity index (χ1v) is 5.74. The second-order valence-electron chi connectivity index (χ2n) is 3.44. The summed E-state index contributed by atoms with van der Waals surface area (Å²) >= 11 is 6.51. The van der Waals surface area contributed by atoms with Gasteiger partial charge in [0.25, 0.3) is 0 Å². The summed E-state index contributed by atoms with van der Waals surface area (Å²) in [5.74, 6) is -1.05. The molecule has 16 heavy (non-hydrogen) atoms. The van der Waals surface area contributed by atoms with Crippen molar-refractivity contribution in [3.63, 3.8) is 0 Å². The second-order valence-corrected chi connectivity index (χ2v) is 5.47. The van der Waals surface area contributed by atoms with E-state index in [9.17, 15) is 14.7 Å². The first-order chi connectivity index (χ1) is 7.36. The lowest BCUT2D eigenvalue weighted by Gasteiger charge is -2.23. The van der Waals surface area contributed by atoms with Gasteiger partial charge < -0.3 is 5.11 Å². The van der Waals surface area contributed by atoms with Gasteiger partial charge in [0.1, 0.15) is 4.75 Å². The lowest BCUT2D eigenvalue weighted by molar-refractivity contribution is -0.139. The second kappa shape index (κ2) is 4.89. The third-order valence-electron chi connectivity index (χ3n) is 2.15. The summed E-state index contributed by atoms with van der Waals surface area (Å²) in [5.41, 5.74) is 0.546. The van der Waals surface area contributed by atoms with Crippen molar-refractivity contribution in [3.8, 4) is 0 Å². The van der Waals surface area contributed by atoms with Gasteiger partial charge in [-0.1, -0.05) is 35.5 Å². The molecule has 0 saturated heterocycles. The van der Waals surface area contributed by atoms with Gasteiger partial charge in [-0.15, -0.1) is 0 Å². The Kier molecular flexibility index (Phi) is 3.99. The summed E-state index contributed by atoms with van der Waals surface area (Å²) in [6, 6.07) is 6.45. The predicted octanol–water partition coefficient (Wildman–Crippen LogP) is 2.92. The van der Waals surface area contributed by atoms with E-state index >= 15 is 0 Å². The highest BCUT2D eigenvalue weighted by Crippen LogP contribution is 2.37. The molecule has 0 heterocycles. The number of carboxylic acids is 1. The molecule has 0 radical (unpaired) electrons. The fourth-order valence-corrected chi connectivity index (χ4v) is 2.32. The predicted molar refractivity (Wildman–Crippen MR) is 64.7 cm³/mol. The minimum atomic E-state index is -1.27. The molecular formula is C11H11ClO3S. The van der Waals surface area contributed by atoms with E-state index in [1.165, 1.54) is 13.8 Å². The van der Waals surface area contributed by atoms with Crippen LogP contribution in [0.15, 0.2) is 24.3 Å². The molecule has 0 spiro atoms. The maximum absolute atomic E-state index is 11.2. The smallest absolute Gasteiger partial charge is 0.324 e. The van der Waals surface area contributed by atoms with E-state index in [1.54, 1.807) is 24.3 Å². The fourth-order valence-electron chi connectivity index (χ4n) is 1.28. The standard InChI is InChI=1S/C11H11ClO3S/c1-7(13)16-11(2,10(14)15)8-3-5-9(12)6-4-8/h3-6H,1-2H3,(H,14,15). The topological polar surface area (TPSA) is 54.4 Å². The van der Waals surface area contributed by atoms with Crippen LogP contribution in [0.5, 0.6) is 0 Å². The number of thioether (sulfide) groups is 1. The van der Waals surface area contributed by atoms with Crippen LogP contribution in [0.25, 0.3) is 0 Å². The molecular weight excluding hydrogens is 248 g/mol. The zero-order chi connectivity index (χ0) is 12.3. The van der Waals surface area contributed by atoms with Gasteiger partial charge in [-0.25, -0.2) is 0 Å². The normalized spacial score (nSPS) is 14.2. The largest absolute Gasteiger partial charge is 0.480 e. The molecule has 0 aliphatic rings. The highest BCUT2D eigenvalue weighted by Gasteiger charge is 2.37. The van der Waals surface area contributed by atoms with Crippen molar-refractivity contribution in [2.24, 2.45) is 0 Å². The van der Waals surface area contributed by atoms with E-state index in [0.29, 0.717) is 10.6 Å². The Balaban J connectivity index is 3.16. The first kappa shape index (κ1) is 13.1. The first-order valence-electron chi connectivity index (χ1n) is 4.55. The van der Waals surface area contributed by atoms with Crippen molar-refractivity contribution >= 4 is 34.4 Å². The van der Waals surface area contributed by atoms with Gasteiger partial charge in [-0.3, -0.25) is 9.59 Å². The number of aliphatic carboxylic acids is 1. The number of carboxylic acid groups (broad SMARTS) is 1. The zero-order valence-electron chi connectivity index (χ0n) is 8.86. The molecule has 1 atom stereocenters. The Bertz CT molecular complexity index is 416. The van der Waals surface area contributed by atoms with E-state index in [1.807, 2.05) is 0 Å². The average molecular weight is 259 g/mol. The number of benzene rings is 1. The van der Waals surface area contributed by atoms with Crippen molar-refractivity contribution in [2.75, 3.05) is 0 Å². The van der Waals surface area contributed by atoms with Crippen LogP contribution in [0.4, 0.5) is 0 Å². The van der Waals surface area contributed by atoms with Crippen LogP contribution in [0.2, 0.25) is 5.02 Å². The number of hydrogen-bond acceptors (Lipinski definition) is 3. The highest BCUT2D eigenvalue weighted by atomic mass is 35.5. The Morgan fingerprint density at radius 2 is 1.81 bits per heavy atom. The van der Waals surface area contributed by atoms with Gasteiger partial charge in [0.2, 0.25) is 0 Å². The molecule has 1 rings (SSSR count). The van der Waals surface area contributed by atoms with Gasteiger partial charge in [0.15, 0.2) is 5.12 Å². The van der Waals surface area contributed by atoms with E-state index in [0.717, 1.165) is 11.8 Å². The number of rotatable bonds is 3. The minimum absolute atomic E-state index is 0.236. The Labute approximate surface area is 103 Å². The van der Waals surface area contributed by atoms with Crippen LogP contribution in [0.1, 0.15) is 19.4 Å². The molecule has 1 aromatic rings. The van der Waals surface area contributed by atoms with Crippen LogP contribution >= 0.6 is 23.4 Å². The average Bonchev–Trinajstić information content (AvgIpc) is 2.17. The van der Waals surface area contributed by atoms with Crippen molar-refractivity contribution in [1.29, 1.82) is 0 Å². The highest BCUT2D eigenvalue weighted by molar-refractivity contribution is 8.14.